The van der Waals surface area contributed by atoms with E-state index in [0.29, 0.717) is 17.6 Å². The number of hydrogen-bond donors (Lipinski definition) is 2. The monoisotopic (exact) mass is 336 g/mol. The number of anilines is 1. The number of aromatic carboxylic acids is 1. The summed E-state index contributed by atoms with van der Waals surface area (Å²) >= 11 is 0. The van der Waals surface area contributed by atoms with Crippen molar-refractivity contribution in [2.75, 3.05) is 5.32 Å². The molecule has 0 radical (unpaired) electrons. The predicted molar refractivity (Wildman–Crippen MR) is 90.9 cm³/mol. The van der Waals surface area contributed by atoms with E-state index in [2.05, 4.69) is 12.2 Å². The molecule has 2 atom stereocenters. The third kappa shape index (κ3) is 3.61. The first-order valence-corrected chi connectivity index (χ1v) is 7.84. The van der Waals surface area contributed by atoms with E-state index in [9.17, 15) is 14.9 Å². The van der Waals surface area contributed by atoms with Crippen LogP contribution in [0.4, 0.5) is 5.69 Å². The second-order valence-electron chi connectivity index (χ2n) is 6.03. The standard InChI is InChI=1S/C19H16N2O4/c1-11-8-15(11)17-7-6-13(25-17)9-12(10-20)18(22)21-16-5-3-2-4-14(16)19(23)24/h2-7,9,11,15H,8H2,1H3,(H,21,22)(H,23,24)/b12-9+. The number of para-hydroxylation sites is 1. The molecule has 1 aromatic heterocycles. The van der Waals surface area contributed by atoms with Crippen LogP contribution in [0.3, 0.4) is 0 Å². The average molecular weight is 336 g/mol. The fraction of sp³-hybridized carbons (Fsp3) is 0.211. The minimum atomic E-state index is -1.16. The Morgan fingerprint density at radius 2 is 2.04 bits per heavy atom. The first-order chi connectivity index (χ1) is 12.0. The predicted octanol–water partition coefficient (Wildman–Crippen LogP) is 3.65. The molecule has 0 spiro atoms. The Bertz CT molecular complexity index is 904. The lowest BCUT2D eigenvalue weighted by Crippen LogP contribution is -2.16. The molecule has 2 N–H and O–H groups in total. The van der Waals surface area contributed by atoms with Gasteiger partial charge in [-0.05, 0) is 36.6 Å². The minimum Gasteiger partial charge on any atom is -0.478 e. The molecule has 1 fully saturated rings. The maximum absolute atomic E-state index is 12.3. The molecule has 0 aliphatic heterocycles. The second kappa shape index (κ2) is 6.65. The highest BCUT2D eigenvalue weighted by Crippen LogP contribution is 2.47. The zero-order chi connectivity index (χ0) is 18.0. The highest BCUT2D eigenvalue weighted by Gasteiger charge is 2.36. The zero-order valence-electron chi connectivity index (χ0n) is 13.5. The summed E-state index contributed by atoms with van der Waals surface area (Å²) in [5.41, 5.74) is -0.0748. The molecule has 0 saturated heterocycles. The molecule has 1 amide bonds. The molecule has 3 rings (SSSR count). The molecular weight excluding hydrogens is 320 g/mol. The fourth-order valence-corrected chi connectivity index (χ4v) is 2.62. The van der Waals surface area contributed by atoms with E-state index >= 15 is 0 Å². The van der Waals surface area contributed by atoms with Crippen LogP contribution in [0.1, 0.15) is 41.1 Å². The number of hydrogen-bond acceptors (Lipinski definition) is 4. The number of nitrogens with zero attached hydrogens (tertiary/aromatic N) is 1. The van der Waals surface area contributed by atoms with Gasteiger partial charge in [-0.1, -0.05) is 19.1 Å². The summed E-state index contributed by atoms with van der Waals surface area (Å²) in [6.07, 6.45) is 2.43. The van der Waals surface area contributed by atoms with E-state index in [4.69, 9.17) is 9.52 Å². The molecule has 1 saturated carbocycles. The minimum absolute atomic E-state index is 0.0452. The number of rotatable bonds is 5. The van der Waals surface area contributed by atoms with Gasteiger partial charge in [-0.2, -0.15) is 5.26 Å². The summed E-state index contributed by atoms with van der Waals surface area (Å²) in [6.45, 7) is 2.14. The topological polar surface area (TPSA) is 103 Å². The number of carboxylic acids is 1. The maximum atomic E-state index is 12.3. The highest BCUT2D eigenvalue weighted by molar-refractivity contribution is 6.11. The summed E-state index contributed by atoms with van der Waals surface area (Å²) < 4.78 is 5.67. The van der Waals surface area contributed by atoms with Gasteiger partial charge in [0.2, 0.25) is 0 Å². The Kier molecular flexibility index (Phi) is 4.40. The lowest BCUT2D eigenvalue weighted by atomic mass is 10.1. The molecule has 1 heterocycles. The number of benzene rings is 1. The molecule has 1 aromatic carbocycles. The van der Waals surface area contributed by atoms with Crippen molar-refractivity contribution in [2.45, 2.75) is 19.3 Å². The van der Waals surface area contributed by atoms with E-state index in [1.807, 2.05) is 12.1 Å². The van der Waals surface area contributed by atoms with Crippen molar-refractivity contribution < 1.29 is 19.1 Å². The van der Waals surface area contributed by atoms with Crippen molar-refractivity contribution in [1.82, 2.24) is 0 Å². The molecule has 6 heteroatoms. The summed E-state index contributed by atoms with van der Waals surface area (Å²) in [5.74, 6) is 0.430. The van der Waals surface area contributed by atoms with Crippen molar-refractivity contribution >= 4 is 23.6 Å². The first kappa shape index (κ1) is 16.5. The number of nitriles is 1. The van der Waals surface area contributed by atoms with Gasteiger partial charge in [-0.3, -0.25) is 4.79 Å². The largest absolute Gasteiger partial charge is 0.478 e. The molecule has 126 valence electrons. The van der Waals surface area contributed by atoms with Crippen molar-refractivity contribution in [3.63, 3.8) is 0 Å². The van der Waals surface area contributed by atoms with Crippen molar-refractivity contribution in [1.29, 1.82) is 5.26 Å². The van der Waals surface area contributed by atoms with E-state index in [0.717, 1.165) is 12.2 Å². The van der Waals surface area contributed by atoms with Gasteiger partial charge in [0.15, 0.2) is 0 Å². The van der Waals surface area contributed by atoms with Gasteiger partial charge < -0.3 is 14.8 Å². The molecular formula is C19H16N2O4. The Labute approximate surface area is 144 Å². The lowest BCUT2D eigenvalue weighted by molar-refractivity contribution is -0.112. The van der Waals surface area contributed by atoms with Gasteiger partial charge in [-0.15, -0.1) is 0 Å². The molecule has 25 heavy (non-hydrogen) atoms. The number of carbonyl (C=O) groups excluding carboxylic acids is 1. The third-order valence-electron chi connectivity index (χ3n) is 4.18. The molecule has 0 bridgehead atoms. The third-order valence-corrected chi connectivity index (χ3v) is 4.18. The second-order valence-corrected chi connectivity index (χ2v) is 6.03. The van der Waals surface area contributed by atoms with Crippen molar-refractivity contribution in [2.24, 2.45) is 5.92 Å². The van der Waals surface area contributed by atoms with Gasteiger partial charge in [0.25, 0.3) is 5.91 Å². The number of nitrogens with one attached hydrogen (secondary N) is 1. The van der Waals surface area contributed by atoms with E-state index in [1.54, 1.807) is 18.2 Å². The van der Waals surface area contributed by atoms with Gasteiger partial charge in [0.1, 0.15) is 23.2 Å². The zero-order valence-corrected chi connectivity index (χ0v) is 13.5. The quantitative estimate of drug-likeness (QED) is 0.641. The Morgan fingerprint density at radius 1 is 1.32 bits per heavy atom. The van der Waals surface area contributed by atoms with Crippen LogP contribution in [0.25, 0.3) is 6.08 Å². The van der Waals surface area contributed by atoms with E-state index in [-0.39, 0.29) is 16.8 Å². The van der Waals surface area contributed by atoms with Gasteiger partial charge in [-0.25, -0.2) is 4.79 Å². The number of furan rings is 1. The number of amides is 1. The summed E-state index contributed by atoms with van der Waals surface area (Å²) in [4.78, 5) is 23.5. The van der Waals surface area contributed by atoms with E-state index < -0.39 is 11.9 Å². The van der Waals surface area contributed by atoms with Crippen LogP contribution in [0.2, 0.25) is 0 Å². The number of carboxylic acid groups (broad SMARTS) is 1. The average Bonchev–Trinajstić information content (AvgIpc) is 3.14. The molecule has 1 aliphatic rings. The highest BCUT2D eigenvalue weighted by atomic mass is 16.4. The summed E-state index contributed by atoms with van der Waals surface area (Å²) in [7, 11) is 0. The normalized spacial score (nSPS) is 19.1. The lowest BCUT2D eigenvalue weighted by Gasteiger charge is -2.07. The van der Waals surface area contributed by atoms with Gasteiger partial charge in [0.05, 0.1) is 11.3 Å². The maximum Gasteiger partial charge on any atom is 0.337 e. The Morgan fingerprint density at radius 3 is 2.68 bits per heavy atom. The van der Waals surface area contributed by atoms with Gasteiger partial charge in [0, 0.05) is 12.0 Å². The summed E-state index contributed by atoms with van der Waals surface area (Å²) in [6, 6.07) is 11.4. The van der Waals surface area contributed by atoms with Gasteiger partial charge >= 0.3 is 5.97 Å². The van der Waals surface area contributed by atoms with Crippen LogP contribution in [-0.2, 0) is 4.79 Å². The van der Waals surface area contributed by atoms with Crippen LogP contribution >= 0.6 is 0 Å². The first-order valence-electron chi connectivity index (χ1n) is 7.84. The van der Waals surface area contributed by atoms with Crippen LogP contribution in [0.5, 0.6) is 0 Å². The smallest absolute Gasteiger partial charge is 0.337 e. The SMILES string of the molecule is CC1CC1c1ccc(/C=C(\C#N)C(=O)Nc2ccccc2C(=O)O)o1. The van der Waals surface area contributed by atoms with Crippen molar-refractivity contribution in [3.05, 3.63) is 59.1 Å². The van der Waals surface area contributed by atoms with E-state index in [1.165, 1.54) is 18.2 Å². The Balaban J connectivity index is 1.79. The van der Waals surface area contributed by atoms with Crippen LogP contribution in [-0.4, -0.2) is 17.0 Å². The molecule has 2 unspecified atom stereocenters. The van der Waals surface area contributed by atoms with Crippen LogP contribution in [0, 0.1) is 17.2 Å². The van der Waals surface area contributed by atoms with Crippen molar-refractivity contribution in [3.8, 4) is 6.07 Å². The number of carbonyl (C=O) groups is 2. The Hall–Kier alpha value is -3.33. The summed E-state index contributed by atoms with van der Waals surface area (Å²) in [5, 5.41) is 20.9. The van der Waals surface area contributed by atoms with Crippen LogP contribution in [0.15, 0.2) is 46.4 Å². The molecule has 2 aromatic rings. The van der Waals surface area contributed by atoms with Crippen LogP contribution < -0.4 is 5.32 Å². The fourth-order valence-electron chi connectivity index (χ4n) is 2.62. The molecule has 6 nitrogen and oxygen atoms in total. The molecule has 1 aliphatic carbocycles.